The van der Waals surface area contributed by atoms with E-state index in [-0.39, 0.29) is 12.3 Å². The van der Waals surface area contributed by atoms with Crippen LogP contribution in [0.25, 0.3) is 0 Å². The number of carbonyl (C=O) groups excluding carboxylic acids is 1. The summed E-state index contributed by atoms with van der Waals surface area (Å²) in [5.41, 5.74) is -0.850. The quantitative estimate of drug-likeness (QED) is 0.847. The summed E-state index contributed by atoms with van der Waals surface area (Å²) in [6.45, 7) is 0.562. The van der Waals surface area contributed by atoms with Crippen LogP contribution in [0.3, 0.4) is 0 Å². The van der Waals surface area contributed by atoms with Crippen LogP contribution in [0.4, 0.5) is 0 Å². The highest BCUT2D eigenvalue weighted by Crippen LogP contribution is 2.39. The topological polar surface area (TPSA) is 57.6 Å². The minimum absolute atomic E-state index is 0.0623. The maximum Gasteiger partial charge on any atom is 0.310 e. The van der Waals surface area contributed by atoms with E-state index in [1.165, 1.54) is 0 Å². The molecular weight excluding hydrogens is 286 g/mol. The number of carbonyl (C=O) groups is 2. The fourth-order valence-electron chi connectivity index (χ4n) is 3.02. The molecule has 1 aliphatic rings. The van der Waals surface area contributed by atoms with Crippen molar-refractivity contribution in [2.24, 2.45) is 5.41 Å². The van der Waals surface area contributed by atoms with Gasteiger partial charge in [0.25, 0.3) is 0 Å². The first-order chi connectivity index (χ1) is 10.0. The van der Waals surface area contributed by atoms with E-state index in [9.17, 15) is 14.7 Å². The van der Waals surface area contributed by atoms with E-state index in [0.29, 0.717) is 19.4 Å². The van der Waals surface area contributed by atoms with Crippen LogP contribution in [0.15, 0.2) is 17.5 Å². The van der Waals surface area contributed by atoms with Crippen molar-refractivity contribution in [1.29, 1.82) is 0 Å². The maximum atomic E-state index is 12.4. The first-order valence-electron chi connectivity index (χ1n) is 7.53. The molecule has 1 aromatic heterocycles. The van der Waals surface area contributed by atoms with Crippen molar-refractivity contribution in [3.63, 3.8) is 0 Å². The fourth-order valence-corrected chi connectivity index (χ4v) is 3.78. The number of carboxylic acids is 1. The van der Waals surface area contributed by atoms with Crippen molar-refractivity contribution in [3.05, 3.63) is 22.4 Å². The fraction of sp³-hybridized carbons (Fsp3) is 0.625. The predicted octanol–water partition coefficient (Wildman–Crippen LogP) is 3.52. The Bertz CT molecular complexity index is 476. The summed E-state index contributed by atoms with van der Waals surface area (Å²) in [5, 5.41) is 11.6. The highest BCUT2D eigenvalue weighted by molar-refractivity contribution is 7.09. The summed E-state index contributed by atoms with van der Waals surface area (Å²) in [4.78, 5) is 26.9. The molecule has 1 aromatic rings. The second-order valence-electron chi connectivity index (χ2n) is 6.01. The van der Waals surface area contributed by atoms with Crippen molar-refractivity contribution in [2.45, 2.75) is 51.5 Å². The molecule has 0 aromatic carbocycles. The molecule has 0 saturated heterocycles. The van der Waals surface area contributed by atoms with Crippen molar-refractivity contribution >= 4 is 23.2 Å². The van der Waals surface area contributed by atoms with Crippen molar-refractivity contribution in [1.82, 2.24) is 4.90 Å². The monoisotopic (exact) mass is 309 g/mol. The average molecular weight is 309 g/mol. The van der Waals surface area contributed by atoms with Crippen molar-refractivity contribution < 1.29 is 14.7 Å². The van der Waals surface area contributed by atoms with E-state index >= 15 is 0 Å². The smallest absolute Gasteiger partial charge is 0.310 e. The molecular formula is C16H23NO3S. The molecule has 116 valence electrons. The summed E-state index contributed by atoms with van der Waals surface area (Å²) in [5.74, 6) is -0.866. The van der Waals surface area contributed by atoms with E-state index in [0.717, 1.165) is 30.6 Å². The zero-order chi connectivity index (χ0) is 15.3. The van der Waals surface area contributed by atoms with E-state index in [2.05, 4.69) is 0 Å². The van der Waals surface area contributed by atoms with Crippen molar-refractivity contribution in [2.75, 3.05) is 7.05 Å². The lowest BCUT2D eigenvalue weighted by atomic mass is 9.77. The highest BCUT2D eigenvalue weighted by Gasteiger charge is 2.41. The van der Waals surface area contributed by atoms with Gasteiger partial charge in [-0.25, -0.2) is 0 Å². The Morgan fingerprint density at radius 3 is 2.48 bits per heavy atom. The number of nitrogens with zero attached hydrogens (tertiary/aromatic N) is 1. The Hall–Kier alpha value is -1.36. The molecule has 5 heteroatoms. The van der Waals surface area contributed by atoms with Gasteiger partial charge in [0.05, 0.1) is 12.0 Å². The van der Waals surface area contributed by atoms with Crippen LogP contribution in [0.1, 0.15) is 49.8 Å². The first kappa shape index (κ1) is 16.0. The Kier molecular flexibility index (Phi) is 5.39. The second kappa shape index (κ2) is 7.07. The molecule has 0 unspecified atom stereocenters. The number of thiophene rings is 1. The van der Waals surface area contributed by atoms with Gasteiger partial charge in [0.15, 0.2) is 0 Å². The third-order valence-corrected chi connectivity index (χ3v) is 5.26. The summed E-state index contributed by atoms with van der Waals surface area (Å²) in [6, 6.07) is 3.95. The summed E-state index contributed by atoms with van der Waals surface area (Å²) in [7, 11) is 1.76. The van der Waals surface area contributed by atoms with Gasteiger partial charge in [0, 0.05) is 18.3 Å². The van der Waals surface area contributed by atoms with Gasteiger partial charge >= 0.3 is 5.97 Å². The van der Waals surface area contributed by atoms with Crippen LogP contribution >= 0.6 is 11.3 Å². The Balaban J connectivity index is 2.02. The van der Waals surface area contributed by atoms with Crippen LogP contribution in [0.2, 0.25) is 0 Å². The van der Waals surface area contributed by atoms with E-state index < -0.39 is 11.4 Å². The predicted molar refractivity (Wildman–Crippen MR) is 83.2 cm³/mol. The van der Waals surface area contributed by atoms with Gasteiger partial charge in [-0.15, -0.1) is 11.3 Å². The second-order valence-corrected chi connectivity index (χ2v) is 7.04. The van der Waals surface area contributed by atoms with Gasteiger partial charge in [-0.2, -0.15) is 0 Å². The Labute approximate surface area is 129 Å². The van der Waals surface area contributed by atoms with Crippen LogP contribution in [0.5, 0.6) is 0 Å². The van der Waals surface area contributed by atoms with Crippen LogP contribution in [0, 0.1) is 5.41 Å². The molecule has 2 rings (SSSR count). The molecule has 0 bridgehead atoms. The molecule has 0 radical (unpaired) electrons. The molecule has 1 aliphatic carbocycles. The van der Waals surface area contributed by atoms with Gasteiger partial charge in [-0.3, -0.25) is 9.59 Å². The largest absolute Gasteiger partial charge is 0.481 e. The van der Waals surface area contributed by atoms with E-state index in [4.69, 9.17) is 0 Å². The zero-order valence-electron chi connectivity index (χ0n) is 12.5. The summed E-state index contributed by atoms with van der Waals surface area (Å²) in [6.07, 6.45) is 5.36. The number of amides is 1. The molecule has 4 nitrogen and oxygen atoms in total. The minimum atomic E-state index is -0.850. The number of aliphatic carboxylic acids is 1. The highest BCUT2D eigenvalue weighted by atomic mass is 32.1. The first-order valence-corrected chi connectivity index (χ1v) is 8.41. The normalized spacial score (nSPS) is 18.0. The number of carboxylic acid groups (broad SMARTS) is 1. The molecule has 0 spiro atoms. The van der Waals surface area contributed by atoms with Crippen LogP contribution in [-0.2, 0) is 16.1 Å². The van der Waals surface area contributed by atoms with E-state index in [1.807, 2.05) is 17.5 Å². The van der Waals surface area contributed by atoms with Gasteiger partial charge in [-0.1, -0.05) is 31.7 Å². The zero-order valence-corrected chi connectivity index (χ0v) is 13.3. The van der Waals surface area contributed by atoms with E-state index in [1.54, 1.807) is 23.3 Å². The SMILES string of the molecule is CN(Cc1cccs1)C(=O)CC1(C(=O)O)CCCCCC1. The lowest BCUT2D eigenvalue weighted by molar-refractivity contribution is -0.154. The van der Waals surface area contributed by atoms with Crippen LogP contribution < -0.4 is 0 Å². The molecule has 1 fully saturated rings. The molecule has 1 saturated carbocycles. The Morgan fingerprint density at radius 2 is 1.95 bits per heavy atom. The molecule has 1 heterocycles. The molecule has 0 atom stereocenters. The lowest BCUT2D eigenvalue weighted by Crippen LogP contribution is -2.38. The molecule has 0 aliphatic heterocycles. The number of hydrogen-bond donors (Lipinski definition) is 1. The lowest BCUT2D eigenvalue weighted by Gasteiger charge is -2.29. The van der Waals surface area contributed by atoms with Gasteiger partial charge in [0.2, 0.25) is 5.91 Å². The maximum absolute atomic E-state index is 12.4. The third kappa shape index (κ3) is 4.06. The van der Waals surface area contributed by atoms with Crippen LogP contribution in [-0.4, -0.2) is 28.9 Å². The molecule has 1 amide bonds. The summed E-state index contributed by atoms with van der Waals surface area (Å²) >= 11 is 1.61. The molecule has 1 N–H and O–H groups in total. The standard InChI is InChI=1S/C16H23NO3S/c1-17(12-13-7-6-10-21-13)14(18)11-16(15(19)20)8-4-2-3-5-9-16/h6-7,10H,2-5,8-9,11-12H2,1H3,(H,19,20). The Morgan fingerprint density at radius 1 is 1.29 bits per heavy atom. The van der Waals surface area contributed by atoms with Crippen molar-refractivity contribution in [3.8, 4) is 0 Å². The van der Waals surface area contributed by atoms with Gasteiger partial charge in [0.1, 0.15) is 0 Å². The third-order valence-electron chi connectivity index (χ3n) is 4.40. The minimum Gasteiger partial charge on any atom is -0.481 e. The summed E-state index contributed by atoms with van der Waals surface area (Å²) < 4.78 is 0. The molecule has 21 heavy (non-hydrogen) atoms. The average Bonchev–Trinajstić information content (AvgIpc) is 2.83. The number of rotatable bonds is 5. The van der Waals surface area contributed by atoms with Gasteiger partial charge < -0.3 is 10.0 Å². The number of hydrogen-bond acceptors (Lipinski definition) is 3. The van der Waals surface area contributed by atoms with Gasteiger partial charge in [-0.05, 0) is 24.3 Å².